The van der Waals surface area contributed by atoms with E-state index < -0.39 is 0 Å². The summed E-state index contributed by atoms with van der Waals surface area (Å²) in [4.78, 5) is 18.7. The summed E-state index contributed by atoms with van der Waals surface area (Å²) in [5, 5.41) is 7.32. The number of fused-ring (bicyclic) bond motifs is 1. The molecule has 0 aliphatic heterocycles. The van der Waals surface area contributed by atoms with E-state index in [2.05, 4.69) is 27.2 Å². The van der Waals surface area contributed by atoms with Crippen molar-refractivity contribution in [2.75, 3.05) is 19.0 Å². The van der Waals surface area contributed by atoms with Crippen LogP contribution in [0.15, 0.2) is 31.1 Å². The fourth-order valence-electron chi connectivity index (χ4n) is 2.48. The Hall–Kier alpha value is -2.34. The molecule has 128 valence electrons. The molecule has 1 aromatic carbocycles. The largest absolute Gasteiger partial charge is 0.495 e. The van der Waals surface area contributed by atoms with E-state index in [1.54, 1.807) is 7.11 Å². The number of benzene rings is 1. The topological polar surface area (TPSA) is 76.1 Å². The number of rotatable bonds is 10. The third-order valence-corrected chi connectivity index (χ3v) is 4.01. The fourth-order valence-corrected chi connectivity index (χ4v) is 2.67. The van der Waals surface area contributed by atoms with Crippen molar-refractivity contribution in [3.05, 3.63) is 36.3 Å². The van der Waals surface area contributed by atoms with E-state index in [0.717, 1.165) is 35.9 Å². The minimum absolute atomic E-state index is 0.158. The summed E-state index contributed by atoms with van der Waals surface area (Å²) in [6.07, 6.45) is 6.56. The number of hydrogen-bond acceptors (Lipinski definition) is 5. The highest BCUT2D eigenvalue weighted by molar-refractivity contribution is 6.34. The Labute approximate surface area is 146 Å². The van der Waals surface area contributed by atoms with Gasteiger partial charge in [0.15, 0.2) is 0 Å². The van der Waals surface area contributed by atoms with Crippen LogP contribution in [0.4, 0.5) is 5.69 Å². The van der Waals surface area contributed by atoms with Crippen LogP contribution in [-0.2, 0) is 4.79 Å². The molecule has 1 unspecified atom stereocenters. The van der Waals surface area contributed by atoms with Crippen LogP contribution in [0.5, 0.6) is 5.75 Å². The number of ether oxygens (including phenoxy) is 1. The lowest BCUT2D eigenvalue weighted by Gasteiger charge is -2.21. The summed E-state index contributed by atoms with van der Waals surface area (Å²) in [5.41, 5.74) is 1.55. The number of amides is 1. The van der Waals surface area contributed by atoms with Crippen molar-refractivity contribution < 1.29 is 9.53 Å². The number of nitrogens with zero attached hydrogens (tertiary/aromatic N) is 2. The molecule has 0 aliphatic carbocycles. The van der Waals surface area contributed by atoms with Gasteiger partial charge in [0.2, 0.25) is 6.41 Å². The van der Waals surface area contributed by atoms with Crippen LogP contribution in [0.25, 0.3) is 10.9 Å². The van der Waals surface area contributed by atoms with Crippen LogP contribution in [0.3, 0.4) is 0 Å². The molecule has 24 heavy (non-hydrogen) atoms. The van der Waals surface area contributed by atoms with E-state index in [1.807, 2.05) is 18.2 Å². The van der Waals surface area contributed by atoms with Gasteiger partial charge in [0.05, 0.1) is 18.3 Å². The first-order chi connectivity index (χ1) is 11.7. The number of carbonyl (C=O) groups excluding carboxylic acids is 1. The number of halogens is 1. The predicted molar refractivity (Wildman–Crippen MR) is 96.6 cm³/mol. The highest BCUT2D eigenvalue weighted by Gasteiger charge is 2.14. The SMILES string of the molecule is C=CCCC(CCNC=O)Nc1cc2c(Cl)ncnc2cc1OC. The van der Waals surface area contributed by atoms with E-state index in [4.69, 9.17) is 16.3 Å². The van der Waals surface area contributed by atoms with E-state index in [0.29, 0.717) is 23.9 Å². The third-order valence-electron chi connectivity index (χ3n) is 3.71. The molecule has 6 nitrogen and oxygen atoms in total. The van der Waals surface area contributed by atoms with E-state index >= 15 is 0 Å². The van der Waals surface area contributed by atoms with Crippen LogP contribution in [0.1, 0.15) is 19.3 Å². The van der Waals surface area contributed by atoms with Crippen molar-refractivity contribution in [1.82, 2.24) is 15.3 Å². The maximum Gasteiger partial charge on any atom is 0.207 e. The molecule has 1 amide bonds. The summed E-state index contributed by atoms with van der Waals surface area (Å²) in [6.45, 7) is 4.36. The molecule has 1 atom stereocenters. The van der Waals surface area contributed by atoms with Gasteiger partial charge in [-0.2, -0.15) is 0 Å². The smallest absolute Gasteiger partial charge is 0.207 e. The van der Waals surface area contributed by atoms with E-state index in [-0.39, 0.29) is 6.04 Å². The lowest BCUT2D eigenvalue weighted by molar-refractivity contribution is -0.109. The molecule has 0 saturated carbocycles. The minimum Gasteiger partial charge on any atom is -0.495 e. The number of carbonyl (C=O) groups is 1. The van der Waals surface area contributed by atoms with Crippen LogP contribution in [0.2, 0.25) is 5.15 Å². The normalized spacial score (nSPS) is 11.8. The lowest BCUT2D eigenvalue weighted by Crippen LogP contribution is -2.25. The number of methoxy groups -OCH3 is 1. The zero-order chi connectivity index (χ0) is 17.4. The summed E-state index contributed by atoms with van der Waals surface area (Å²) in [5.74, 6) is 0.684. The third kappa shape index (κ3) is 4.58. The molecule has 0 aliphatic rings. The van der Waals surface area contributed by atoms with Crippen molar-refractivity contribution in [2.24, 2.45) is 0 Å². The molecule has 1 heterocycles. The molecule has 0 saturated heterocycles. The van der Waals surface area contributed by atoms with Crippen molar-refractivity contribution >= 4 is 34.6 Å². The van der Waals surface area contributed by atoms with Crippen molar-refractivity contribution in [1.29, 1.82) is 0 Å². The highest BCUT2D eigenvalue weighted by atomic mass is 35.5. The zero-order valence-electron chi connectivity index (χ0n) is 13.6. The molecule has 1 aromatic heterocycles. The summed E-state index contributed by atoms with van der Waals surface area (Å²) >= 11 is 6.17. The molecular formula is C17H21ClN4O2. The monoisotopic (exact) mass is 348 g/mol. The maximum absolute atomic E-state index is 10.4. The van der Waals surface area contributed by atoms with Gasteiger partial charge in [-0.15, -0.1) is 6.58 Å². The van der Waals surface area contributed by atoms with Crippen molar-refractivity contribution in [3.63, 3.8) is 0 Å². The summed E-state index contributed by atoms with van der Waals surface area (Å²) in [7, 11) is 1.61. The maximum atomic E-state index is 10.4. The van der Waals surface area contributed by atoms with Gasteiger partial charge in [-0.05, 0) is 25.3 Å². The van der Waals surface area contributed by atoms with Crippen LogP contribution >= 0.6 is 11.6 Å². The Morgan fingerprint density at radius 3 is 2.92 bits per heavy atom. The predicted octanol–water partition coefficient (Wildman–Crippen LogP) is 3.17. The van der Waals surface area contributed by atoms with Gasteiger partial charge < -0.3 is 15.4 Å². The molecular weight excluding hydrogens is 328 g/mol. The van der Waals surface area contributed by atoms with Gasteiger partial charge in [0.1, 0.15) is 17.2 Å². The van der Waals surface area contributed by atoms with Gasteiger partial charge in [-0.25, -0.2) is 9.97 Å². The number of nitrogens with one attached hydrogen (secondary N) is 2. The second kappa shape index (κ2) is 9.08. The second-order valence-corrected chi connectivity index (χ2v) is 5.66. The first-order valence-corrected chi connectivity index (χ1v) is 8.10. The molecule has 2 aromatic rings. The quantitative estimate of drug-likeness (QED) is 0.298. The highest BCUT2D eigenvalue weighted by Crippen LogP contribution is 2.32. The first kappa shape index (κ1) is 18.0. The number of allylic oxidation sites excluding steroid dienone is 1. The minimum atomic E-state index is 0.158. The Balaban J connectivity index is 2.27. The first-order valence-electron chi connectivity index (χ1n) is 7.72. The summed E-state index contributed by atoms with van der Waals surface area (Å²) < 4.78 is 5.47. The van der Waals surface area contributed by atoms with Gasteiger partial charge in [0.25, 0.3) is 0 Å². The Bertz CT molecular complexity index is 708. The van der Waals surface area contributed by atoms with E-state index in [9.17, 15) is 4.79 Å². The molecule has 0 radical (unpaired) electrons. The van der Waals surface area contributed by atoms with Crippen LogP contribution < -0.4 is 15.4 Å². The van der Waals surface area contributed by atoms with Crippen LogP contribution in [-0.4, -0.2) is 36.1 Å². The average molecular weight is 349 g/mol. The van der Waals surface area contributed by atoms with Gasteiger partial charge in [0, 0.05) is 24.0 Å². The van der Waals surface area contributed by atoms with Crippen molar-refractivity contribution in [3.8, 4) is 5.75 Å². The molecule has 0 spiro atoms. The van der Waals surface area contributed by atoms with Gasteiger partial charge in [-0.3, -0.25) is 4.79 Å². The van der Waals surface area contributed by atoms with Gasteiger partial charge >= 0.3 is 0 Å². The summed E-state index contributed by atoms with van der Waals surface area (Å²) in [6, 6.07) is 3.88. The Morgan fingerprint density at radius 1 is 1.38 bits per heavy atom. The zero-order valence-corrected chi connectivity index (χ0v) is 14.3. The molecule has 7 heteroatoms. The standard InChI is InChI=1S/C17H21ClN4O2/c1-3-4-5-12(6-7-19-11-23)22-15-8-13-14(9-16(15)24-2)20-10-21-17(13)18/h3,8-12,22H,1,4-7H2,2H3,(H,19,23). The Kier molecular flexibility index (Phi) is 6.81. The van der Waals surface area contributed by atoms with Crippen molar-refractivity contribution in [2.45, 2.75) is 25.3 Å². The average Bonchev–Trinajstić information content (AvgIpc) is 2.59. The van der Waals surface area contributed by atoms with E-state index in [1.165, 1.54) is 6.33 Å². The molecule has 0 fully saturated rings. The fraction of sp³-hybridized carbons (Fsp3) is 0.353. The second-order valence-electron chi connectivity index (χ2n) is 5.30. The van der Waals surface area contributed by atoms with Crippen LogP contribution in [0, 0.1) is 0 Å². The molecule has 2 rings (SSSR count). The number of aromatic nitrogens is 2. The Morgan fingerprint density at radius 2 is 2.21 bits per heavy atom. The van der Waals surface area contributed by atoms with Gasteiger partial charge in [-0.1, -0.05) is 17.7 Å². The molecule has 2 N–H and O–H groups in total. The lowest BCUT2D eigenvalue weighted by atomic mass is 10.1. The molecule has 0 bridgehead atoms. The number of hydrogen-bond donors (Lipinski definition) is 2. The number of anilines is 1.